The summed E-state index contributed by atoms with van der Waals surface area (Å²) in [4.78, 5) is 24.9. The van der Waals surface area contributed by atoms with Crippen LogP contribution >= 0.6 is 0 Å². The zero-order chi connectivity index (χ0) is 16.8. The van der Waals surface area contributed by atoms with E-state index in [1.54, 1.807) is 24.3 Å². The number of rotatable bonds is 8. The molecule has 23 heavy (non-hydrogen) atoms. The van der Waals surface area contributed by atoms with Gasteiger partial charge in [-0.25, -0.2) is 0 Å². The lowest BCUT2D eigenvalue weighted by Crippen LogP contribution is -2.52. The van der Waals surface area contributed by atoms with Crippen LogP contribution < -0.4 is 10.6 Å². The Balaban J connectivity index is 1.99. The summed E-state index contributed by atoms with van der Waals surface area (Å²) in [6.07, 6.45) is 2.75. The second-order valence-corrected chi connectivity index (χ2v) is 6.53. The Kier molecular flexibility index (Phi) is 6.16. The van der Waals surface area contributed by atoms with Gasteiger partial charge in [-0.3, -0.25) is 9.59 Å². The number of carbonyl (C=O) groups is 2. The van der Waals surface area contributed by atoms with Crippen molar-refractivity contribution in [2.24, 2.45) is 11.8 Å². The van der Waals surface area contributed by atoms with E-state index in [1.165, 1.54) is 0 Å². The quantitative estimate of drug-likeness (QED) is 0.683. The first-order chi connectivity index (χ1) is 11.0. The van der Waals surface area contributed by atoms with Crippen LogP contribution in [0.5, 0.6) is 0 Å². The first kappa shape index (κ1) is 17.5. The smallest absolute Gasteiger partial charge is 0.251 e. The van der Waals surface area contributed by atoms with Crippen LogP contribution in [-0.4, -0.2) is 35.6 Å². The molecule has 126 valence electrons. The van der Waals surface area contributed by atoms with E-state index in [9.17, 15) is 9.59 Å². The standard InChI is InChI=1S/C18H26N2O3/c1-12(2)16(20-17(22)14-6-4-3-5-7-14)18(23)19-15(10-11-21)13-8-9-13/h3-7,12-13,15-16,21H,8-11H2,1-2H3,(H,19,23)(H,20,22). The Labute approximate surface area is 137 Å². The molecule has 1 fully saturated rings. The van der Waals surface area contributed by atoms with E-state index in [4.69, 9.17) is 5.11 Å². The van der Waals surface area contributed by atoms with Crippen LogP contribution in [0.4, 0.5) is 0 Å². The summed E-state index contributed by atoms with van der Waals surface area (Å²) in [6, 6.07) is 8.31. The van der Waals surface area contributed by atoms with E-state index in [0.29, 0.717) is 17.9 Å². The Bertz CT molecular complexity index is 526. The second kappa shape index (κ2) is 8.11. The van der Waals surface area contributed by atoms with Crippen LogP contribution in [0.15, 0.2) is 30.3 Å². The first-order valence-corrected chi connectivity index (χ1v) is 8.30. The number of aliphatic hydroxyl groups excluding tert-OH is 1. The molecule has 5 heteroatoms. The lowest BCUT2D eigenvalue weighted by Gasteiger charge is -2.25. The number of carbonyl (C=O) groups excluding carboxylic acids is 2. The summed E-state index contributed by atoms with van der Waals surface area (Å²) in [5.74, 6) is 0.0274. The molecule has 1 aromatic rings. The summed E-state index contributed by atoms with van der Waals surface area (Å²) >= 11 is 0. The van der Waals surface area contributed by atoms with E-state index in [-0.39, 0.29) is 30.4 Å². The van der Waals surface area contributed by atoms with Gasteiger partial charge in [0.15, 0.2) is 0 Å². The largest absolute Gasteiger partial charge is 0.396 e. The third kappa shape index (κ3) is 5.06. The van der Waals surface area contributed by atoms with Crippen LogP contribution in [0.2, 0.25) is 0 Å². The Morgan fingerprint density at radius 3 is 2.35 bits per heavy atom. The molecule has 2 atom stereocenters. The lowest BCUT2D eigenvalue weighted by molar-refractivity contribution is -0.124. The molecule has 2 amide bonds. The van der Waals surface area contributed by atoms with Crippen molar-refractivity contribution in [3.8, 4) is 0 Å². The maximum Gasteiger partial charge on any atom is 0.251 e. The molecular weight excluding hydrogens is 292 g/mol. The SMILES string of the molecule is CC(C)C(NC(=O)c1ccccc1)C(=O)NC(CCO)C1CC1. The fourth-order valence-corrected chi connectivity index (χ4v) is 2.68. The van der Waals surface area contributed by atoms with Crippen LogP contribution in [-0.2, 0) is 4.79 Å². The van der Waals surface area contributed by atoms with Crippen molar-refractivity contribution < 1.29 is 14.7 Å². The number of amides is 2. The number of nitrogens with one attached hydrogen (secondary N) is 2. The lowest BCUT2D eigenvalue weighted by atomic mass is 10.0. The molecule has 2 rings (SSSR count). The minimum absolute atomic E-state index is 0.00220. The minimum atomic E-state index is -0.581. The molecule has 5 nitrogen and oxygen atoms in total. The van der Waals surface area contributed by atoms with Gasteiger partial charge in [0, 0.05) is 18.2 Å². The Hall–Kier alpha value is -1.88. The van der Waals surface area contributed by atoms with Crippen molar-refractivity contribution in [2.45, 2.75) is 45.2 Å². The van der Waals surface area contributed by atoms with Crippen molar-refractivity contribution >= 4 is 11.8 Å². The molecule has 3 N–H and O–H groups in total. The highest BCUT2D eigenvalue weighted by Crippen LogP contribution is 2.34. The highest BCUT2D eigenvalue weighted by Gasteiger charge is 2.34. The average molecular weight is 318 g/mol. The highest BCUT2D eigenvalue weighted by atomic mass is 16.3. The van der Waals surface area contributed by atoms with Gasteiger partial charge in [0.05, 0.1) is 0 Å². The van der Waals surface area contributed by atoms with Gasteiger partial charge >= 0.3 is 0 Å². The van der Waals surface area contributed by atoms with Gasteiger partial charge in [0.25, 0.3) is 5.91 Å². The van der Waals surface area contributed by atoms with Crippen molar-refractivity contribution in [3.05, 3.63) is 35.9 Å². The normalized spacial score (nSPS) is 16.7. The van der Waals surface area contributed by atoms with Gasteiger partial charge in [-0.1, -0.05) is 32.0 Å². The molecule has 1 aliphatic carbocycles. The third-order valence-electron chi connectivity index (χ3n) is 4.23. The molecule has 0 radical (unpaired) electrons. The molecule has 0 saturated heterocycles. The van der Waals surface area contributed by atoms with Crippen LogP contribution in [0.1, 0.15) is 43.5 Å². The zero-order valence-corrected chi connectivity index (χ0v) is 13.8. The van der Waals surface area contributed by atoms with E-state index < -0.39 is 6.04 Å². The summed E-state index contributed by atoms with van der Waals surface area (Å²) < 4.78 is 0. The maximum atomic E-state index is 12.6. The van der Waals surface area contributed by atoms with E-state index in [0.717, 1.165) is 12.8 Å². The predicted molar refractivity (Wildman–Crippen MR) is 88.9 cm³/mol. The molecule has 0 aliphatic heterocycles. The summed E-state index contributed by atoms with van der Waals surface area (Å²) in [5, 5.41) is 15.0. The topological polar surface area (TPSA) is 78.4 Å². The Morgan fingerprint density at radius 1 is 1.17 bits per heavy atom. The fraction of sp³-hybridized carbons (Fsp3) is 0.556. The number of hydrogen-bond donors (Lipinski definition) is 3. The van der Waals surface area contributed by atoms with Crippen LogP contribution in [0, 0.1) is 11.8 Å². The van der Waals surface area contributed by atoms with Crippen molar-refractivity contribution in [2.75, 3.05) is 6.61 Å². The number of aliphatic hydroxyl groups is 1. The maximum absolute atomic E-state index is 12.6. The molecule has 0 bridgehead atoms. The number of hydrogen-bond acceptors (Lipinski definition) is 3. The van der Waals surface area contributed by atoms with Crippen LogP contribution in [0.3, 0.4) is 0 Å². The summed E-state index contributed by atoms with van der Waals surface area (Å²) in [5.41, 5.74) is 0.542. The van der Waals surface area contributed by atoms with Gasteiger partial charge in [0.2, 0.25) is 5.91 Å². The molecule has 2 unspecified atom stereocenters. The Morgan fingerprint density at radius 2 is 1.83 bits per heavy atom. The van der Waals surface area contributed by atoms with E-state index in [2.05, 4.69) is 10.6 Å². The van der Waals surface area contributed by atoms with Gasteiger partial charge in [-0.2, -0.15) is 0 Å². The molecule has 1 saturated carbocycles. The van der Waals surface area contributed by atoms with Gasteiger partial charge < -0.3 is 15.7 Å². The van der Waals surface area contributed by atoms with Crippen molar-refractivity contribution in [3.63, 3.8) is 0 Å². The van der Waals surface area contributed by atoms with Gasteiger partial charge in [-0.15, -0.1) is 0 Å². The zero-order valence-electron chi connectivity index (χ0n) is 13.8. The minimum Gasteiger partial charge on any atom is -0.396 e. The molecular formula is C18H26N2O3. The molecule has 1 aromatic carbocycles. The number of benzene rings is 1. The molecule has 0 aromatic heterocycles. The van der Waals surface area contributed by atoms with E-state index >= 15 is 0 Å². The highest BCUT2D eigenvalue weighted by molar-refractivity contribution is 5.97. The average Bonchev–Trinajstić information content (AvgIpc) is 3.37. The van der Waals surface area contributed by atoms with Crippen molar-refractivity contribution in [1.29, 1.82) is 0 Å². The fourth-order valence-electron chi connectivity index (χ4n) is 2.68. The first-order valence-electron chi connectivity index (χ1n) is 8.30. The molecule has 0 spiro atoms. The van der Waals surface area contributed by atoms with Gasteiger partial charge in [-0.05, 0) is 43.2 Å². The summed E-state index contributed by atoms with van der Waals surface area (Å²) in [6.45, 7) is 3.88. The van der Waals surface area contributed by atoms with Crippen LogP contribution in [0.25, 0.3) is 0 Å². The van der Waals surface area contributed by atoms with Gasteiger partial charge in [0.1, 0.15) is 6.04 Å². The van der Waals surface area contributed by atoms with Crippen molar-refractivity contribution in [1.82, 2.24) is 10.6 Å². The summed E-state index contributed by atoms with van der Waals surface area (Å²) in [7, 11) is 0. The molecule has 0 heterocycles. The predicted octanol–water partition coefficient (Wildman–Crippen LogP) is 1.72. The molecule has 1 aliphatic rings. The third-order valence-corrected chi connectivity index (χ3v) is 4.23. The second-order valence-electron chi connectivity index (χ2n) is 6.53. The monoisotopic (exact) mass is 318 g/mol. The van der Waals surface area contributed by atoms with E-state index in [1.807, 2.05) is 19.9 Å².